The summed E-state index contributed by atoms with van der Waals surface area (Å²) in [7, 11) is 0. The lowest BCUT2D eigenvalue weighted by Crippen LogP contribution is -2.44. The molecule has 0 aliphatic carbocycles. The van der Waals surface area contributed by atoms with Crippen LogP contribution < -0.4 is 10.6 Å². The van der Waals surface area contributed by atoms with E-state index in [9.17, 15) is 9.59 Å². The lowest BCUT2D eigenvalue weighted by molar-refractivity contribution is -0.140. The van der Waals surface area contributed by atoms with E-state index in [1.165, 1.54) is 32.7 Å². The van der Waals surface area contributed by atoms with Gasteiger partial charge in [0.15, 0.2) is 0 Å². The van der Waals surface area contributed by atoms with Gasteiger partial charge in [0, 0.05) is 22.9 Å². The van der Waals surface area contributed by atoms with E-state index >= 15 is 0 Å². The molecule has 0 amide bonds. The van der Waals surface area contributed by atoms with Crippen molar-refractivity contribution in [3.63, 3.8) is 0 Å². The van der Waals surface area contributed by atoms with E-state index in [4.69, 9.17) is 9.47 Å². The zero-order valence-corrected chi connectivity index (χ0v) is 25.4. The molecule has 0 spiro atoms. The maximum atomic E-state index is 11.9. The fourth-order valence-electron chi connectivity index (χ4n) is 6.01. The van der Waals surface area contributed by atoms with Crippen molar-refractivity contribution in [1.82, 2.24) is 10.6 Å². The number of rotatable bonds is 6. The van der Waals surface area contributed by atoms with Crippen molar-refractivity contribution in [3.05, 3.63) is 96.1 Å². The van der Waals surface area contributed by atoms with E-state index in [0.29, 0.717) is 13.2 Å². The van der Waals surface area contributed by atoms with Crippen LogP contribution in [-0.4, -0.2) is 37.2 Å². The molecule has 42 heavy (non-hydrogen) atoms. The normalized spacial score (nSPS) is 22.2. The number of esters is 2. The van der Waals surface area contributed by atoms with E-state index in [0.717, 1.165) is 0 Å². The molecule has 4 aromatic carbocycles. The van der Waals surface area contributed by atoms with Gasteiger partial charge >= 0.3 is 11.9 Å². The van der Waals surface area contributed by atoms with Crippen LogP contribution >= 0.6 is 0 Å². The van der Waals surface area contributed by atoms with E-state index in [2.05, 4.69) is 113 Å². The predicted octanol–water partition coefficient (Wildman–Crippen LogP) is 6.88. The van der Waals surface area contributed by atoms with Gasteiger partial charge < -0.3 is 9.47 Å². The Labute approximate surface area is 248 Å². The van der Waals surface area contributed by atoms with Crippen LogP contribution in [0, 0.1) is 10.8 Å². The molecule has 2 aliphatic heterocycles. The molecule has 0 saturated carbocycles. The van der Waals surface area contributed by atoms with Crippen LogP contribution in [0.4, 0.5) is 0 Å². The van der Waals surface area contributed by atoms with Crippen molar-refractivity contribution in [2.75, 3.05) is 13.2 Å². The zero-order valence-electron chi connectivity index (χ0n) is 25.4. The number of benzene rings is 4. The standard InChI is InChI=1S/2C18H21NO2/c2*1-12(19-16-17(20)21-11-18(16,2)3)14-10-6-8-13-7-4-5-9-15(13)14/h2*4-10,12,16,19H,11H2,1-3H3/t2*12-,16+/m11/s1. The van der Waals surface area contributed by atoms with Gasteiger partial charge in [-0.3, -0.25) is 20.2 Å². The van der Waals surface area contributed by atoms with E-state index in [1.807, 2.05) is 24.3 Å². The number of hydrogen-bond donors (Lipinski definition) is 2. The SMILES string of the molecule is C[C@@H](N[C@H]1C(=O)OCC1(C)C)c1cccc2ccccc12.C[C@@H](N[C@H]1C(=O)OCC1(C)C)c1cccc2ccccc12. The monoisotopic (exact) mass is 566 g/mol. The van der Waals surface area contributed by atoms with Crippen LogP contribution in [0.25, 0.3) is 21.5 Å². The molecule has 4 atom stereocenters. The van der Waals surface area contributed by atoms with Crippen LogP contribution in [0.2, 0.25) is 0 Å². The molecule has 220 valence electrons. The Bertz CT molecular complexity index is 1460. The minimum Gasteiger partial charge on any atom is -0.464 e. The highest BCUT2D eigenvalue weighted by Crippen LogP contribution is 2.33. The minimum absolute atomic E-state index is 0.0889. The van der Waals surface area contributed by atoms with Crippen molar-refractivity contribution in [1.29, 1.82) is 0 Å². The third kappa shape index (κ3) is 6.06. The fourth-order valence-corrected chi connectivity index (χ4v) is 6.01. The van der Waals surface area contributed by atoms with Gasteiger partial charge in [-0.15, -0.1) is 0 Å². The number of nitrogens with one attached hydrogen (secondary N) is 2. The van der Waals surface area contributed by atoms with E-state index in [-0.39, 0.29) is 46.9 Å². The highest BCUT2D eigenvalue weighted by molar-refractivity contribution is 5.87. The van der Waals surface area contributed by atoms with Gasteiger partial charge in [0.2, 0.25) is 0 Å². The molecule has 0 aromatic heterocycles. The predicted molar refractivity (Wildman–Crippen MR) is 168 cm³/mol. The highest BCUT2D eigenvalue weighted by Gasteiger charge is 2.45. The quantitative estimate of drug-likeness (QED) is 0.248. The average molecular weight is 567 g/mol. The number of fused-ring (bicyclic) bond motifs is 2. The third-order valence-electron chi connectivity index (χ3n) is 8.62. The smallest absolute Gasteiger partial charge is 0.323 e. The number of carbonyl (C=O) groups excluding carboxylic acids is 2. The third-order valence-corrected chi connectivity index (χ3v) is 8.62. The topological polar surface area (TPSA) is 76.7 Å². The maximum absolute atomic E-state index is 11.9. The van der Waals surface area contributed by atoms with Gasteiger partial charge in [0.25, 0.3) is 0 Å². The first-order valence-corrected chi connectivity index (χ1v) is 14.8. The first-order chi connectivity index (χ1) is 20.0. The Kier molecular flexibility index (Phi) is 8.40. The summed E-state index contributed by atoms with van der Waals surface area (Å²) in [4.78, 5) is 23.9. The molecule has 0 unspecified atom stereocenters. The summed E-state index contributed by atoms with van der Waals surface area (Å²) in [5, 5.41) is 11.8. The molecule has 2 heterocycles. The summed E-state index contributed by atoms with van der Waals surface area (Å²) in [6.07, 6.45) is 0. The Hall–Kier alpha value is -3.74. The van der Waals surface area contributed by atoms with Crippen LogP contribution in [0.3, 0.4) is 0 Å². The molecule has 2 N–H and O–H groups in total. The van der Waals surface area contributed by atoms with Gasteiger partial charge in [-0.1, -0.05) is 113 Å². The van der Waals surface area contributed by atoms with Crippen molar-refractivity contribution in [3.8, 4) is 0 Å². The molecule has 2 fully saturated rings. The Morgan fingerprint density at radius 2 is 0.952 bits per heavy atom. The second kappa shape index (κ2) is 11.9. The molecule has 2 aliphatic rings. The molecule has 0 radical (unpaired) electrons. The summed E-state index contributed by atoms with van der Waals surface area (Å²) in [5.74, 6) is -0.292. The van der Waals surface area contributed by atoms with Gasteiger partial charge in [-0.2, -0.15) is 0 Å². The summed E-state index contributed by atoms with van der Waals surface area (Å²) in [5.41, 5.74) is 2.08. The first kappa shape index (κ1) is 29.7. The second-order valence-corrected chi connectivity index (χ2v) is 13.0. The van der Waals surface area contributed by atoms with Crippen molar-refractivity contribution >= 4 is 33.5 Å². The van der Waals surface area contributed by atoms with Crippen LogP contribution in [0.1, 0.15) is 64.8 Å². The van der Waals surface area contributed by atoms with Crippen LogP contribution in [-0.2, 0) is 19.1 Å². The molecule has 6 rings (SSSR count). The largest absolute Gasteiger partial charge is 0.464 e. The van der Waals surface area contributed by atoms with Crippen LogP contribution in [0.5, 0.6) is 0 Å². The van der Waals surface area contributed by atoms with Gasteiger partial charge in [0.1, 0.15) is 12.1 Å². The summed E-state index contributed by atoms with van der Waals surface area (Å²) in [6.45, 7) is 13.4. The average Bonchev–Trinajstić information content (AvgIpc) is 3.39. The molecular weight excluding hydrogens is 524 g/mol. The van der Waals surface area contributed by atoms with Gasteiger partial charge in [-0.25, -0.2) is 0 Å². The number of ether oxygens (including phenoxy) is 2. The minimum atomic E-state index is -0.258. The maximum Gasteiger partial charge on any atom is 0.323 e. The van der Waals surface area contributed by atoms with E-state index < -0.39 is 0 Å². The van der Waals surface area contributed by atoms with Crippen molar-refractivity contribution < 1.29 is 19.1 Å². The van der Waals surface area contributed by atoms with Gasteiger partial charge in [0.05, 0.1) is 13.2 Å². The van der Waals surface area contributed by atoms with Crippen LogP contribution in [0.15, 0.2) is 84.9 Å². The van der Waals surface area contributed by atoms with Crippen molar-refractivity contribution in [2.24, 2.45) is 10.8 Å². The Balaban J connectivity index is 0.000000168. The lowest BCUT2D eigenvalue weighted by atomic mass is 9.86. The first-order valence-electron chi connectivity index (χ1n) is 14.8. The number of cyclic esters (lactones) is 2. The second-order valence-electron chi connectivity index (χ2n) is 13.0. The van der Waals surface area contributed by atoms with Gasteiger partial charge in [-0.05, 0) is 46.5 Å². The highest BCUT2D eigenvalue weighted by atomic mass is 16.5. The number of hydrogen-bond acceptors (Lipinski definition) is 6. The Morgan fingerprint density at radius 1 is 0.595 bits per heavy atom. The molecule has 2 saturated heterocycles. The zero-order chi connectivity index (χ0) is 30.1. The number of carbonyl (C=O) groups is 2. The summed E-state index contributed by atoms with van der Waals surface area (Å²) < 4.78 is 10.4. The molecule has 4 aromatic rings. The summed E-state index contributed by atoms with van der Waals surface area (Å²) >= 11 is 0. The molecule has 6 nitrogen and oxygen atoms in total. The summed E-state index contributed by atoms with van der Waals surface area (Å²) in [6, 6.07) is 28.9. The Morgan fingerprint density at radius 3 is 1.31 bits per heavy atom. The fraction of sp³-hybridized carbons (Fsp3) is 0.389. The van der Waals surface area contributed by atoms with E-state index in [1.54, 1.807) is 0 Å². The molecule has 6 heteroatoms. The molecular formula is C36H42N2O4. The van der Waals surface area contributed by atoms with Crippen molar-refractivity contribution in [2.45, 2.75) is 65.7 Å². The molecule has 0 bridgehead atoms. The lowest BCUT2D eigenvalue weighted by Gasteiger charge is -2.27.